The number of hydrogen-bond donors (Lipinski definition) is 1. The number of methoxy groups -OCH3 is 2. The topological polar surface area (TPSA) is 69.6 Å². The number of rotatable bonds is 7. The van der Waals surface area contributed by atoms with Gasteiger partial charge in [0.25, 0.3) is 0 Å². The van der Waals surface area contributed by atoms with Gasteiger partial charge in [-0.15, -0.1) is 0 Å². The molecule has 0 aliphatic heterocycles. The summed E-state index contributed by atoms with van der Waals surface area (Å²) in [4.78, 5) is 0.0697. The Balaban J connectivity index is 2.16. The molecule has 0 saturated heterocycles. The minimum absolute atomic E-state index is 0.0697. The molecule has 7 heteroatoms. The van der Waals surface area contributed by atoms with Crippen LogP contribution in [0.3, 0.4) is 0 Å². The first kappa shape index (κ1) is 17.4. The van der Waals surface area contributed by atoms with Crippen LogP contribution >= 0.6 is 0 Å². The molecule has 0 aliphatic carbocycles. The Morgan fingerprint density at radius 3 is 2.26 bits per heavy atom. The van der Waals surface area contributed by atoms with E-state index in [0.717, 1.165) is 11.4 Å². The maximum Gasteiger partial charge on any atom is 0.244 e. The molecule has 0 radical (unpaired) electrons. The van der Waals surface area contributed by atoms with Crippen LogP contribution in [-0.2, 0) is 16.6 Å². The smallest absolute Gasteiger partial charge is 0.244 e. The Morgan fingerprint density at radius 2 is 1.70 bits per heavy atom. The van der Waals surface area contributed by atoms with Crippen LogP contribution in [0.15, 0.2) is 35.2 Å². The van der Waals surface area contributed by atoms with Crippen molar-refractivity contribution in [1.29, 1.82) is 0 Å². The van der Waals surface area contributed by atoms with Crippen LogP contribution in [0.4, 0.5) is 0 Å². The maximum absolute atomic E-state index is 12.5. The van der Waals surface area contributed by atoms with Gasteiger partial charge < -0.3 is 14.0 Å². The Bertz CT molecular complexity index is 762. The minimum atomic E-state index is -3.68. The van der Waals surface area contributed by atoms with Crippen molar-refractivity contribution in [3.8, 4) is 11.5 Å². The highest BCUT2D eigenvalue weighted by Crippen LogP contribution is 2.27. The van der Waals surface area contributed by atoms with Gasteiger partial charge in [-0.25, -0.2) is 13.1 Å². The zero-order valence-corrected chi connectivity index (χ0v) is 14.6. The van der Waals surface area contributed by atoms with Gasteiger partial charge >= 0.3 is 0 Å². The standard InChI is InChI=1S/C16H22N2O4S/c1-12-5-6-13(2)18(12)10-9-17-23(19,20)16-11-14(21-3)7-8-15(16)22-4/h5-8,11,17H,9-10H2,1-4H3. The van der Waals surface area contributed by atoms with Crippen molar-refractivity contribution in [2.75, 3.05) is 20.8 Å². The average molecular weight is 338 g/mol. The van der Waals surface area contributed by atoms with Crippen molar-refractivity contribution < 1.29 is 17.9 Å². The second-order valence-corrected chi connectivity index (χ2v) is 6.92. The number of benzene rings is 1. The van der Waals surface area contributed by atoms with Crippen LogP contribution in [0.2, 0.25) is 0 Å². The molecule has 0 aliphatic rings. The number of nitrogens with zero attached hydrogens (tertiary/aromatic N) is 1. The zero-order valence-electron chi connectivity index (χ0n) is 13.8. The Labute approximate surface area is 137 Å². The Morgan fingerprint density at radius 1 is 1.04 bits per heavy atom. The van der Waals surface area contributed by atoms with Gasteiger partial charge in [0.1, 0.15) is 16.4 Å². The van der Waals surface area contributed by atoms with Gasteiger partial charge in [-0.3, -0.25) is 0 Å². The van der Waals surface area contributed by atoms with E-state index < -0.39 is 10.0 Å². The summed E-state index contributed by atoms with van der Waals surface area (Å²) in [5.41, 5.74) is 2.20. The van der Waals surface area contributed by atoms with Crippen molar-refractivity contribution in [1.82, 2.24) is 9.29 Å². The quantitative estimate of drug-likeness (QED) is 0.839. The zero-order chi connectivity index (χ0) is 17.0. The Kier molecular flexibility index (Phi) is 5.33. The Hall–Kier alpha value is -1.99. The highest BCUT2D eigenvalue weighted by molar-refractivity contribution is 7.89. The van der Waals surface area contributed by atoms with E-state index in [1.54, 1.807) is 12.1 Å². The van der Waals surface area contributed by atoms with E-state index in [-0.39, 0.29) is 10.6 Å². The summed E-state index contributed by atoms with van der Waals surface area (Å²) in [6, 6.07) is 8.70. The largest absolute Gasteiger partial charge is 0.497 e. The summed E-state index contributed by atoms with van der Waals surface area (Å²) in [5, 5.41) is 0. The first-order valence-corrected chi connectivity index (χ1v) is 8.72. The fraction of sp³-hybridized carbons (Fsp3) is 0.375. The molecule has 126 valence electrons. The number of nitrogens with one attached hydrogen (secondary N) is 1. The van der Waals surface area contributed by atoms with Crippen LogP contribution in [-0.4, -0.2) is 33.7 Å². The molecule has 0 bridgehead atoms. The molecule has 2 aromatic rings. The van der Waals surface area contributed by atoms with Gasteiger partial charge in [-0.1, -0.05) is 0 Å². The second-order valence-electron chi connectivity index (χ2n) is 5.18. The maximum atomic E-state index is 12.5. The SMILES string of the molecule is COc1ccc(OC)c(S(=O)(=O)NCCn2c(C)ccc2C)c1. The van der Waals surface area contributed by atoms with Gasteiger partial charge in [0.05, 0.1) is 14.2 Å². The molecule has 0 unspecified atom stereocenters. The molecule has 0 fully saturated rings. The molecule has 1 aromatic carbocycles. The fourth-order valence-corrected chi connectivity index (χ4v) is 3.62. The number of ether oxygens (including phenoxy) is 2. The number of aromatic nitrogens is 1. The van der Waals surface area contributed by atoms with E-state index in [2.05, 4.69) is 9.29 Å². The summed E-state index contributed by atoms with van der Waals surface area (Å²) in [5.74, 6) is 0.745. The summed E-state index contributed by atoms with van der Waals surface area (Å²) >= 11 is 0. The third kappa shape index (κ3) is 3.86. The van der Waals surface area contributed by atoms with Gasteiger partial charge in [0, 0.05) is 30.5 Å². The van der Waals surface area contributed by atoms with Crippen molar-refractivity contribution in [2.45, 2.75) is 25.3 Å². The lowest BCUT2D eigenvalue weighted by atomic mass is 10.3. The molecule has 1 N–H and O–H groups in total. The molecule has 6 nitrogen and oxygen atoms in total. The van der Waals surface area contributed by atoms with E-state index in [0.29, 0.717) is 18.8 Å². The van der Waals surface area contributed by atoms with E-state index >= 15 is 0 Å². The van der Waals surface area contributed by atoms with Crippen LogP contribution in [0.25, 0.3) is 0 Å². The molecular formula is C16H22N2O4S. The lowest BCUT2D eigenvalue weighted by molar-refractivity contribution is 0.392. The van der Waals surface area contributed by atoms with Crippen LogP contribution in [0.5, 0.6) is 11.5 Å². The first-order valence-electron chi connectivity index (χ1n) is 7.23. The third-order valence-corrected chi connectivity index (χ3v) is 5.19. The van der Waals surface area contributed by atoms with E-state index in [4.69, 9.17) is 9.47 Å². The number of sulfonamides is 1. The van der Waals surface area contributed by atoms with Gasteiger partial charge in [0.2, 0.25) is 10.0 Å². The van der Waals surface area contributed by atoms with Crippen molar-refractivity contribution >= 4 is 10.0 Å². The van der Waals surface area contributed by atoms with Crippen LogP contribution in [0, 0.1) is 13.8 Å². The van der Waals surface area contributed by atoms with Gasteiger partial charge in [-0.2, -0.15) is 0 Å². The van der Waals surface area contributed by atoms with Gasteiger partial charge in [-0.05, 0) is 38.1 Å². The highest BCUT2D eigenvalue weighted by Gasteiger charge is 2.20. The molecule has 0 saturated carbocycles. The normalized spacial score (nSPS) is 11.5. The van der Waals surface area contributed by atoms with Crippen molar-refractivity contribution in [3.63, 3.8) is 0 Å². The van der Waals surface area contributed by atoms with Crippen LogP contribution in [0.1, 0.15) is 11.4 Å². The van der Waals surface area contributed by atoms with Crippen molar-refractivity contribution in [3.05, 3.63) is 41.7 Å². The highest BCUT2D eigenvalue weighted by atomic mass is 32.2. The predicted molar refractivity (Wildman–Crippen MR) is 88.6 cm³/mol. The average Bonchev–Trinajstić information content (AvgIpc) is 2.86. The summed E-state index contributed by atoms with van der Waals surface area (Å²) in [7, 11) is -0.756. The van der Waals surface area contributed by atoms with E-state index in [9.17, 15) is 8.42 Å². The van der Waals surface area contributed by atoms with E-state index in [1.807, 2.05) is 26.0 Å². The summed E-state index contributed by atoms with van der Waals surface area (Å²) < 4.78 is 39.9. The number of hydrogen-bond acceptors (Lipinski definition) is 4. The van der Waals surface area contributed by atoms with Crippen molar-refractivity contribution in [2.24, 2.45) is 0 Å². The third-order valence-electron chi connectivity index (χ3n) is 3.71. The fourth-order valence-electron chi connectivity index (χ4n) is 2.42. The lowest BCUT2D eigenvalue weighted by Crippen LogP contribution is -2.28. The predicted octanol–water partition coefficient (Wildman–Crippen LogP) is 2.10. The van der Waals surface area contributed by atoms with Gasteiger partial charge in [0.15, 0.2) is 0 Å². The molecule has 0 spiro atoms. The van der Waals surface area contributed by atoms with Crippen LogP contribution < -0.4 is 14.2 Å². The van der Waals surface area contributed by atoms with E-state index in [1.165, 1.54) is 20.3 Å². The lowest BCUT2D eigenvalue weighted by Gasteiger charge is -2.13. The summed E-state index contributed by atoms with van der Waals surface area (Å²) in [6.45, 7) is 4.84. The molecular weight excluding hydrogens is 316 g/mol. The second kappa shape index (κ2) is 7.06. The first-order chi connectivity index (χ1) is 10.9. The number of aryl methyl sites for hydroxylation is 2. The molecule has 1 aromatic heterocycles. The molecule has 2 rings (SSSR count). The molecule has 0 amide bonds. The summed E-state index contributed by atoms with van der Waals surface area (Å²) in [6.07, 6.45) is 0. The monoisotopic (exact) mass is 338 g/mol. The minimum Gasteiger partial charge on any atom is -0.497 e. The molecule has 1 heterocycles. The molecule has 23 heavy (non-hydrogen) atoms. The molecule has 0 atom stereocenters.